The topological polar surface area (TPSA) is 58.1 Å². The van der Waals surface area contributed by atoms with Crippen LogP contribution in [0.15, 0.2) is 24.3 Å². The fourth-order valence-electron chi connectivity index (χ4n) is 1.44. The summed E-state index contributed by atoms with van der Waals surface area (Å²) in [5, 5.41) is 11.6. The van der Waals surface area contributed by atoms with E-state index in [9.17, 15) is 4.79 Å². The zero-order valence-corrected chi connectivity index (χ0v) is 11.3. The Hall–Kier alpha value is -1.95. The lowest BCUT2D eigenvalue weighted by molar-refractivity contribution is 0.0992. The molecule has 0 atom stereocenters. The molecule has 0 unspecified atom stereocenters. The van der Waals surface area contributed by atoms with Gasteiger partial charge in [-0.05, 0) is 19.1 Å². The van der Waals surface area contributed by atoms with Crippen molar-refractivity contribution in [1.82, 2.24) is 10.2 Å². The monoisotopic (exact) mass is 262 g/mol. The van der Waals surface area contributed by atoms with Crippen molar-refractivity contribution in [2.45, 2.75) is 6.92 Å². The summed E-state index contributed by atoms with van der Waals surface area (Å²) in [7, 11) is 3.48. The Balaban J connectivity index is 2.20. The molecule has 0 saturated carbocycles. The molecule has 1 N–H and O–H groups in total. The number of aromatic nitrogens is 2. The first-order valence-corrected chi connectivity index (χ1v) is 6.29. The molecule has 0 saturated heterocycles. The van der Waals surface area contributed by atoms with Gasteiger partial charge in [0.05, 0.1) is 0 Å². The third kappa shape index (κ3) is 2.48. The number of hydrogen-bond acceptors (Lipinski definition) is 5. The quantitative estimate of drug-likeness (QED) is 0.921. The summed E-state index contributed by atoms with van der Waals surface area (Å²) in [6.45, 7) is 2.01. The summed E-state index contributed by atoms with van der Waals surface area (Å²) in [4.78, 5) is 13.7. The van der Waals surface area contributed by atoms with E-state index < -0.39 is 0 Å². The molecule has 0 radical (unpaired) electrons. The average Bonchev–Trinajstić information content (AvgIpc) is 2.86. The largest absolute Gasteiger partial charge is 0.363 e. The van der Waals surface area contributed by atoms with Gasteiger partial charge in [0.15, 0.2) is 0 Å². The standard InChI is InChI=1S/C12H14N4OS/c1-8-4-6-9(7-5-8)16(3)11(17)10-14-15-12(13-2)18-10/h4-7H,1-3H3,(H,13,15). The van der Waals surface area contributed by atoms with E-state index in [1.807, 2.05) is 31.2 Å². The summed E-state index contributed by atoms with van der Waals surface area (Å²) in [6, 6.07) is 7.76. The molecule has 0 aliphatic rings. The first-order chi connectivity index (χ1) is 8.61. The lowest BCUT2D eigenvalue weighted by atomic mass is 10.2. The van der Waals surface area contributed by atoms with Gasteiger partial charge in [-0.15, -0.1) is 10.2 Å². The molecule has 1 heterocycles. The number of hydrogen-bond donors (Lipinski definition) is 1. The summed E-state index contributed by atoms with van der Waals surface area (Å²) < 4.78 is 0. The summed E-state index contributed by atoms with van der Waals surface area (Å²) in [6.07, 6.45) is 0. The van der Waals surface area contributed by atoms with Crippen molar-refractivity contribution in [3.8, 4) is 0 Å². The van der Waals surface area contributed by atoms with Crippen molar-refractivity contribution in [1.29, 1.82) is 0 Å². The van der Waals surface area contributed by atoms with Gasteiger partial charge in [-0.3, -0.25) is 4.79 Å². The summed E-state index contributed by atoms with van der Waals surface area (Å²) >= 11 is 1.24. The van der Waals surface area contributed by atoms with Crippen molar-refractivity contribution in [3.05, 3.63) is 34.8 Å². The fourth-order valence-corrected chi connectivity index (χ4v) is 2.11. The van der Waals surface area contributed by atoms with Crippen molar-refractivity contribution in [2.24, 2.45) is 0 Å². The number of nitrogens with zero attached hydrogens (tertiary/aromatic N) is 3. The Labute approximate surface area is 109 Å². The molecule has 5 nitrogen and oxygen atoms in total. The van der Waals surface area contributed by atoms with Crippen molar-refractivity contribution in [2.75, 3.05) is 24.3 Å². The number of rotatable bonds is 3. The van der Waals surface area contributed by atoms with E-state index in [2.05, 4.69) is 15.5 Å². The molecule has 0 fully saturated rings. The Bertz CT molecular complexity index is 549. The van der Waals surface area contributed by atoms with Gasteiger partial charge < -0.3 is 10.2 Å². The number of anilines is 2. The van der Waals surface area contributed by atoms with Crippen LogP contribution in [0.25, 0.3) is 0 Å². The third-order valence-electron chi connectivity index (χ3n) is 2.55. The molecule has 0 bridgehead atoms. The van der Waals surface area contributed by atoms with Crippen LogP contribution in [0, 0.1) is 6.92 Å². The molecule has 1 aromatic heterocycles. The molecule has 1 amide bonds. The Morgan fingerprint density at radius 1 is 1.28 bits per heavy atom. The highest BCUT2D eigenvalue weighted by molar-refractivity contribution is 7.17. The fraction of sp³-hybridized carbons (Fsp3) is 0.250. The normalized spacial score (nSPS) is 10.2. The molecule has 1 aromatic carbocycles. The molecule has 0 spiro atoms. The highest BCUT2D eigenvalue weighted by Crippen LogP contribution is 2.20. The predicted molar refractivity (Wildman–Crippen MR) is 73.4 cm³/mol. The number of aryl methyl sites for hydroxylation is 1. The minimum Gasteiger partial charge on any atom is -0.363 e. The molecule has 0 aliphatic heterocycles. The number of carbonyl (C=O) groups is 1. The van der Waals surface area contributed by atoms with E-state index in [-0.39, 0.29) is 5.91 Å². The third-order valence-corrected chi connectivity index (χ3v) is 3.48. The Morgan fingerprint density at radius 2 is 1.94 bits per heavy atom. The molecule has 18 heavy (non-hydrogen) atoms. The smallest absolute Gasteiger partial charge is 0.289 e. The maximum atomic E-state index is 12.2. The second kappa shape index (κ2) is 5.14. The number of carbonyl (C=O) groups excluding carboxylic acids is 1. The van der Waals surface area contributed by atoms with E-state index in [1.165, 1.54) is 11.3 Å². The van der Waals surface area contributed by atoms with Gasteiger partial charge in [0, 0.05) is 19.8 Å². The molecule has 2 aromatic rings. The van der Waals surface area contributed by atoms with Crippen LogP contribution in [0.2, 0.25) is 0 Å². The van der Waals surface area contributed by atoms with Crippen molar-refractivity contribution in [3.63, 3.8) is 0 Å². The highest BCUT2D eigenvalue weighted by atomic mass is 32.1. The number of benzene rings is 1. The van der Waals surface area contributed by atoms with Gasteiger partial charge in [0.2, 0.25) is 10.1 Å². The zero-order valence-electron chi connectivity index (χ0n) is 10.5. The molecular formula is C12H14N4OS. The Morgan fingerprint density at radius 3 is 2.50 bits per heavy atom. The Kier molecular flexibility index (Phi) is 3.57. The van der Waals surface area contributed by atoms with Gasteiger partial charge in [-0.1, -0.05) is 29.0 Å². The molecule has 6 heteroatoms. The molecule has 94 valence electrons. The second-order valence-corrected chi connectivity index (χ2v) is 4.84. The van der Waals surface area contributed by atoms with Crippen LogP contribution >= 0.6 is 11.3 Å². The van der Waals surface area contributed by atoms with Crippen molar-refractivity contribution >= 4 is 28.1 Å². The first-order valence-electron chi connectivity index (χ1n) is 5.48. The van der Waals surface area contributed by atoms with E-state index in [0.29, 0.717) is 10.1 Å². The minimum atomic E-state index is -0.155. The van der Waals surface area contributed by atoms with Crippen LogP contribution in [0.3, 0.4) is 0 Å². The molecular weight excluding hydrogens is 248 g/mol. The maximum absolute atomic E-state index is 12.2. The number of nitrogens with one attached hydrogen (secondary N) is 1. The molecule has 2 rings (SSSR count). The van der Waals surface area contributed by atoms with Crippen LogP contribution < -0.4 is 10.2 Å². The lowest BCUT2D eigenvalue weighted by Crippen LogP contribution is -2.26. The minimum absolute atomic E-state index is 0.155. The van der Waals surface area contributed by atoms with Crippen LogP contribution in [-0.4, -0.2) is 30.2 Å². The highest BCUT2D eigenvalue weighted by Gasteiger charge is 2.18. The van der Waals surface area contributed by atoms with Gasteiger partial charge >= 0.3 is 0 Å². The zero-order chi connectivity index (χ0) is 13.1. The van der Waals surface area contributed by atoms with E-state index in [4.69, 9.17) is 0 Å². The van der Waals surface area contributed by atoms with E-state index in [0.717, 1.165) is 11.3 Å². The SMILES string of the molecule is CNc1nnc(C(=O)N(C)c2ccc(C)cc2)s1. The van der Waals surface area contributed by atoms with Crippen LogP contribution in [0.5, 0.6) is 0 Å². The second-order valence-electron chi connectivity index (χ2n) is 3.86. The summed E-state index contributed by atoms with van der Waals surface area (Å²) in [5.74, 6) is -0.155. The van der Waals surface area contributed by atoms with Gasteiger partial charge in [-0.25, -0.2) is 0 Å². The van der Waals surface area contributed by atoms with Crippen LogP contribution in [0.1, 0.15) is 15.4 Å². The summed E-state index contributed by atoms with van der Waals surface area (Å²) in [5.41, 5.74) is 2.00. The van der Waals surface area contributed by atoms with Crippen LogP contribution in [0.4, 0.5) is 10.8 Å². The van der Waals surface area contributed by atoms with Gasteiger partial charge in [0.1, 0.15) is 0 Å². The van der Waals surface area contributed by atoms with E-state index >= 15 is 0 Å². The maximum Gasteiger partial charge on any atom is 0.289 e. The van der Waals surface area contributed by atoms with Gasteiger partial charge in [-0.2, -0.15) is 0 Å². The predicted octanol–water partition coefficient (Wildman–Crippen LogP) is 2.16. The van der Waals surface area contributed by atoms with Crippen molar-refractivity contribution < 1.29 is 4.79 Å². The average molecular weight is 262 g/mol. The van der Waals surface area contributed by atoms with Crippen LogP contribution in [-0.2, 0) is 0 Å². The molecule has 0 aliphatic carbocycles. The van der Waals surface area contributed by atoms with Gasteiger partial charge in [0.25, 0.3) is 5.91 Å². The van der Waals surface area contributed by atoms with E-state index in [1.54, 1.807) is 19.0 Å². The lowest BCUT2D eigenvalue weighted by Gasteiger charge is -2.15. The first kappa shape index (κ1) is 12.5. The number of amides is 1.